The zero-order valence-corrected chi connectivity index (χ0v) is 10.6. The first-order chi connectivity index (χ1) is 8.61. The van der Waals surface area contributed by atoms with Gasteiger partial charge in [-0.05, 0) is 32.1 Å². The van der Waals surface area contributed by atoms with Gasteiger partial charge in [0.05, 0.1) is 11.6 Å². The zero-order chi connectivity index (χ0) is 13.1. The highest BCUT2D eigenvalue weighted by molar-refractivity contribution is 5.92. The standard InChI is InChI=1S/C13H16N4O/c1-16-6-4-11(9-16)17(2)13(18)12-7-10(8-14)3-5-15-12/h3,5,7,11H,4,6,9H2,1-2H3. The molecule has 18 heavy (non-hydrogen) atoms. The average molecular weight is 244 g/mol. The van der Waals surface area contributed by atoms with Gasteiger partial charge in [-0.3, -0.25) is 9.78 Å². The molecule has 0 N–H and O–H groups in total. The molecule has 0 radical (unpaired) electrons. The van der Waals surface area contributed by atoms with Crippen LogP contribution in [0, 0.1) is 11.3 Å². The smallest absolute Gasteiger partial charge is 0.272 e. The van der Waals surface area contributed by atoms with E-state index in [-0.39, 0.29) is 11.9 Å². The minimum atomic E-state index is -0.118. The molecule has 1 aromatic rings. The van der Waals surface area contributed by atoms with Crippen LogP contribution in [0.5, 0.6) is 0 Å². The van der Waals surface area contributed by atoms with E-state index >= 15 is 0 Å². The molecule has 1 aliphatic heterocycles. The summed E-state index contributed by atoms with van der Waals surface area (Å²) < 4.78 is 0. The number of carbonyl (C=O) groups is 1. The monoisotopic (exact) mass is 244 g/mol. The van der Waals surface area contributed by atoms with Crippen molar-refractivity contribution in [1.29, 1.82) is 5.26 Å². The Kier molecular flexibility index (Phi) is 3.58. The number of hydrogen-bond donors (Lipinski definition) is 0. The molecule has 2 rings (SSSR count). The zero-order valence-electron chi connectivity index (χ0n) is 10.6. The first kappa shape index (κ1) is 12.5. The largest absolute Gasteiger partial charge is 0.336 e. The Morgan fingerprint density at radius 3 is 3.06 bits per heavy atom. The molecule has 1 amide bonds. The van der Waals surface area contributed by atoms with Gasteiger partial charge in [-0.2, -0.15) is 5.26 Å². The number of nitrogens with zero attached hydrogens (tertiary/aromatic N) is 4. The summed E-state index contributed by atoms with van der Waals surface area (Å²) in [5, 5.41) is 8.82. The van der Waals surface area contributed by atoms with E-state index in [1.165, 1.54) is 12.3 Å². The lowest BCUT2D eigenvalue weighted by Crippen LogP contribution is -2.38. The number of likely N-dealkylation sites (tertiary alicyclic amines) is 1. The number of likely N-dealkylation sites (N-methyl/N-ethyl adjacent to an activating group) is 2. The summed E-state index contributed by atoms with van der Waals surface area (Å²) in [4.78, 5) is 20.2. The third-order valence-corrected chi connectivity index (χ3v) is 3.34. The third-order valence-electron chi connectivity index (χ3n) is 3.34. The van der Waals surface area contributed by atoms with E-state index in [4.69, 9.17) is 5.26 Å². The van der Waals surface area contributed by atoms with Gasteiger partial charge in [-0.15, -0.1) is 0 Å². The van der Waals surface area contributed by atoms with Crippen LogP contribution in [0.4, 0.5) is 0 Å². The van der Waals surface area contributed by atoms with Gasteiger partial charge in [0.1, 0.15) is 5.69 Å². The van der Waals surface area contributed by atoms with Crippen molar-refractivity contribution in [3.05, 3.63) is 29.6 Å². The molecular weight excluding hydrogens is 228 g/mol. The second-order valence-corrected chi connectivity index (χ2v) is 4.66. The highest BCUT2D eigenvalue weighted by atomic mass is 16.2. The molecule has 0 aliphatic carbocycles. The van der Waals surface area contributed by atoms with Gasteiger partial charge in [0.2, 0.25) is 0 Å². The predicted molar refractivity (Wildman–Crippen MR) is 66.9 cm³/mol. The minimum absolute atomic E-state index is 0.118. The molecule has 0 spiro atoms. The lowest BCUT2D eigenvalue weighted by atomic mass is 10.2. The van der Waals surface area contributed by atoms with Crippen LogP contribution in [0.2, 0.25) is 0 Å². The van der Waals surface area contributed by atoms with Crippen molar-refractivity contribution in [2.24, 2.45) is 0 Å². The van der Waals surface area contributed by atoms with E-state index in [0.29, 0.717) is 11.3 Å². The second kappa shape index (κ2) is 5.15. The van der Waals surface area contributed by atoms with Crippen molar-refractivity contribution in [3.63, 3.8) is 0 Å². The van der Waals surface area contributed by atoms with Crippen LogP contribution < -0.4 is 0 Å². The van der Waals surface area contributed by atoms with Gasteiger partial charge in [-0.1, -0.05) is 0 Å². The van der Waals surface area contributed by atoms with Gasteiger partial charge in [0, 0.05) is 25.8 Å². The predicted octanol–water partition coefficient (Wildman–Crippen LogP) is 0.729. The maximum Gasteiger partial charge on any atom is 0.272 e. The highest BCUT2D eigenvalue weighted by Gasteiger charge is 2.27. The Morgan fingerprint density at radius 1 is 1.67 bits per heavy atom. The number of pyridine rings is 1. The molecule has 1 aliphatic rings. The quantitative estimate of drug-likeness (QED) is 0.769. The Labute approximate surface area is 107 Å². The number of amides is 1. The fourth-order valence-electron chi connectivity index (χ4n) is 2.19. The van der Waals surface area contributed by atoms with Crippen LogP contribution in [-0.4, -0.2) is 53.9 Å². The molecule has 1 unspecified atom stereocenters. The van der Waals surface area contributed by atoms with Gasteiger partial charge in [0.15, 0.2) is 0 Å². The maximum absolute atomic E-state index is 12.2. The number of carbonyl (C=O) groups excluding carboxylic acids is 1. The van der Waals surface area contributed by atoms with Crippen molar-refractivity contribution in [2.75, 3.05) is 27.2 Å². The molecule has 5 heteroatoms. The maximum atomic E-state index is 12.2. The Bertz CT molecular complexity index is 494. The molecule has 1 saturated heterocycles. The molecule has 0 saturated carbocycles. The molecule has 2 heterocycles. The van der Waals surface area contributed by atoms with E-state index in [1.54, 1.807) is 18.0 Å². The lowest BCUT2D eigenvalue weighted by Gasteiger charge is -2.24. The van der Waals surface area contributed by atoms with Gasteiger partial charge in [-0.25, -0.2) is 0 Å². The number of hydrogen-bond acceptors (Lipinski definition) is 4. The van der Waals surface area contributed by atoms with Crippen molar-refractivity contribution >= 4 is 5.91 Å². The summed E-state index contributed by atoms with van der Waals surface area (Å²) in [6.45, 7) is 1.90. The second-order valence-electron chi connectivity index (χ2n) is 4.66. The summed E-state index contributed by atoms with van der Waals surface area (Å²) in [5.74, 6) is -0.118. The van der Waals surface area contributed by atoms with Crippen LogP contribution in [0.1, 0.15) is 22.5 Å². The Morgan fingerprint density at radius 2 is 2.44 bits per heavy atom. The van der Waals surface area contributed by atoms with Gasteiger partial charge < -0.3 is 9.80 Å². The van der Waals surface area contributed by atoms with Crippen molar-refractivity contribution in [3.8, 4) is 6.07 Å². The molecule has 0 bridgehead atoms. The number of aromatic nitrogens is 1. The fraction of sp³-hybridized carbons (Fsp3) is 0.462. The molecule has 0 aromatic carbocycles. The summed E-state index contributed by atoms with van der Waals surface area (Å²) in [6, 6.07) is 5.39. The first-order valence-corrected chi connectivity index (χ1v) is 5.93. The van der Waals surface area contributed by atoms with E-state index in [9.17, 15) is 4.79 Å². The Balaban J connectivity index is 2.13. The number of nitriles is 1. The van der Waals surface area contributed by atoms with E-state index in [2.05, 4.69) is 9.88 Å². The first-order valence-electron chi connectivity index (χ1n) is 5.93. The molecule has 5 nitrogen and oxygen atoms in total. The summed E-state index contributed by atoms with van der Waals surface area (Å²) in [5.41, 5.74) is 0.802. The van der Waals surface area contributed by atoms with Crippen molar-refractivity contribution in [2.45, 2.75) is 12.5 Å². The van der Waals surface area contributed by atoms with Crippen LogP contribution >= 0.6 is 0 Å². The lowest BCUT2D eigenvalue weighted by molar-refractivity contribution is 0.0731. The summed E-state index contributed by atoms with van der Waals surface area (Å²) >= 11 is 0. The normalized spacial score (nSPS) is 19.5. The fourth-order valence-corrected chi connectivity index (χ4v) is 2.19. The topological polar surface area (TPSA) is 60.2 Å². The summed E-state index contributed by atoms with van der Waals surface area (Å²) in [7, 11) is 3.85. The van der Waals surface area contributed by atoms with E-state index in [1.807, 2.05) is 13.1 Å². The minimum Gasteiger partial charge on any atom is -0.336 e. The molecule has 94 valence electrons. The van der Waals surface area contributed by atoms with Crippen LogP contribution in [0.15, 0.2) is 18.3 Å². The van der Waals surface area contributed by atoms with Crippen LogP contribution in [-0.2, 0) is 0 Å². The molecule has 1 atom stereocenters. The Hall–Kier alpha value is -1.93. The van der Waals surface area contributed by atoms with Crippen molar-refractivity contribution in [1.82, 2.24) is 14.8 Å². The number of rotatable bonds is 2. The van der Waals surface area contributed by atoms with E-state index < -0.39 is 0 Å². The van der Waals surface area contributed by atoms with Crippen LogP contribution in [0.25, 0.3) is 0 Å². The van der Waals surface area contributed by atoms with Gasteiger partial charge >= 0.3 is 0 Å². The molecule has 1 fully saturated rings. The summed E-state index contributed by atoms with van der Waals surface area (Å²) in [6.07, 6.45) is 2.48. The highest BCUT2D eigenvalue weighted by Crippen LogP contribution is 2.15. The van der Waals surface area contributed by atoms with E-state index in [0.717, 1.165) is 19.5 Å². The van der Waals surface area contributed by atoms with Gasteiger partial charge in [0.25, 0.3) is 5.91 Å². The SMILES string of the molecule is CN1CCC(N(C)C(=O)c2cc(C#N)ccn2)C1. The average Bonchev–Trinajstić information content (AvgIpc) is 2.83. The molecule has 1 aromatic heterocycles. The van der Waals surface area contributed by atoms with Crippen molar-refractivity contribution < 1.29 is 4.79 Å². The van der Waals surface area contributed by atoms with Crippen LogP contribution in [0.3, 0.4) is 0 Å². The third kappa shape index (κ3) is 2.49. The molecular formula is C13H16N4O.